The number of Topliss-reactive ketones (excluding diaryl/α,β-unsaturated/α-hetero) is 1. The lowest BCUT2D eigenvalue weighted by Gasteiger charge is -2.08. The fourth-order valence-corrected chi connectivity index (χ4v) is 1.49. The van der Waals surface area contributed by atoms with Gasteiger partial charge >= 0.3 is 0 Å². The van der Waals surface area contributed by atoms with Gasteiger partial charge in [0.2, 0.25) is 0 Å². The highest BCUT2D eigenvalue weighted by atomic mass is 35.5. The van der Waals surface area contributed by atoms with Gasteiger partial charge in [-0.15, -0.1) is 0 Å². The number of nitrogens with two attached hydrogens (primary N) is 1. The fourth-order valence-electron chi connectivity index (χ4n) is 1.17. The van der Waals surface area contributed by atoms with E-state index in [9.17, 15) is 4.79 Å². The van der Waals surface area contributed by atoms with Gasteiger partial charge in [0.25, 0.3) is 0 Å². The molecule has 0 aliphatic heterocycles. The molecule has 0 aliphatic rings. The molecule has 0 amide bonds. The predicted molar refractivity (Wildman–Crippen MR) is 54.2 cm³/mol. The van der Waals surface area contributed by atoms with E-state index < -0.39 is 6.04 Å². The van der Waals surface area contributed by atoms with E-state index in [1.165, 1.54) is 0 Å². The summed E-state index contributed by atoms with van der Waals surface area (Å²) in [7, 11) is 0. The number of halogens is 1. The normalized spacial score (nSPS) is 12.6. The van der Waals surface area contributed by atoms with Crippen LogP contribution in [-0.2, 0) is 0 Å². The minimum Gasteiger partial charge on any atom is -0.321 e. The molecule has 0 aromatic heterocycles. The Morgan fingerprint density at radius 2 is 2.15 bits per heavy atom. The Hall–Kier alpha value is -0.860. The Kier molecular flexibility index (Phi) is 3.07. The maximum Gasteiger partial charge on any atom is 0.180 e. The first-order valence-corrected chi connectivity index (χ1v) is 4.46. The molecule has 0 saturated carbocycles. The van der Waals surface area contributed by atoms with Crippen LogP contribution < -0.4 is 5.73 Å². The molecule has 2 N–H and O–H groups in total. The lowest BCUT2D eigenvalue weighted by molar-refractivity contribution is 0.0967. The lowest BCUT2D eigenvalue weighted by Crippen LogP contribution is -2.27. The van der Waals surface area contributed by atoms with Crippen LogP contribution in [0, 0.1) is 6.92 Å². The van der Waals surface area contributed by atoms with Crippen molar-refractivity contribution in [2.24, 2.45) is 5.73 Å². The zero-order valence-electron chi connectivity index (χ0n) is 7.67. The Labute approximate surface area is 82.7 Å². The summed E-state index contributed by atoms with van der Waals surface area (Å²) in [5.74, 6) is -0.108. The van der Waals surface area contributed by atoms with Crippen LogP contribution in [0.4, 0.5) is 0 Å². The third-order valence-electron chi connectivity index (χ3n) is 1.88. The van der Waals surface area contributed by atoms with Crippen molar-refractivity contribution in [3.63, 3.8) is 0 Å². The average Bonchev–Trinajstić information content (AvgIpc) is 2.03. The zero-order valence-corrected chi connectivity index (χ0v) is 8.43. The molecule has 2 nitrogen and oxygen atoms in total. The topological polar surface area (TPSA) is 43.1 Å². The van der Waals surface area contributed by atoms with E-state index in [2.05, 4.69) is 0 Å². The summed E-state index contributed by atoms with van der Waals surface area (Å²) in [6.07, 6.45) is 0. The molecule has 1 rings (SSSR count). The van der Waals surface area contributed by atoms with E-state index in [1.807, 2.05) is 19.1 Å². The Balaban J connectivity index is 3.20. The number of carbonyl (C=O) groups excluding carboxylic acids is 1. The van der Waals surface area contributed by atoms with Gasteiger partial charge < -0.3 is 5.73 Å². The van der Waals surface area contributed by atoms with Crippen molar-refractivity contribution in [3.8, 4) is 0 Å². The van der Waals surface area contributed by atoms with Crippen molar-refractivity contribution in [1.29, 1.82) is 0 Å². The van der Waals surface area contributed by atoms with Gasteiger partial charge in [-0.2, -0.15) is 0 Å². The van der Waals surface area contributed by atoms with Crippen molar-refractivity contribution in [2.45, 2.75) is 19.9 Å². The van der Waals surface area contributed by atoms with Crippen LogP contribution >= 0.6 is 11.6 Å². The largest absolute Gasteiger partial charge is 0.321 e. The highest BCUT2D eigenvalue weighted by Gasteiger charge is 2.16. The third kappa shape index (κ3) is 2.08. The van der Waals surface area contributed by atoms with Gasteiger partial charge in [-0.25, -0.2) is 0 Å². The quantitative estimate of drug-likeness (QED) is 0.739. The summed E-state index contributed by atoms with van der Waals surface area (Å²) in [6, 6.07) is 4.86. The molecule has 0 heterocycles. The number of rotatable bonds is 2. The molecule has 13 heavy (non-hydrogen) atoms. The molecule has 0 spiro atoms. The Morgan fingerprint density at radius 3 is 2.62 bits per heavy atom. The second kappa shape index (κ2) is 3.90. The molecular formula is C10H12ClNO. The van der Waals surface area contributed by atoms with Gasteiger partial charge in [-0.3, -0.25) is 4.79 Å². The maximum absolute atomic E-state index is 11.6. The summed E-state index contributed by atoms with van der Waals surface area (Å²) in [5.41, 5.74) is 6.91. The van der Waals surface area contributed by atoms with Gasteiger partial charge in [0.05, 0.1) is 11.1 Å². The molecule has 1 aromatic carbocycles. The van der Waals surface area contributed by atoms with Gasteiger partial charge in [-0.1, -0.05) is 23.7 Å². The number of aryl methyl sites for hydroxylation is 1. The molecular weight excluding hydrogens is 186 g/mol. The van der Waals surface area contributed by atoms with Crippen LogP contribution in [0.1, 0.15) is 22.8 Å². The first-order valence-electron chi connectivity index (χ1n) is 4.09. The van der Waals surface area contributed by atoms with Gasteiger partial charge in [-0.05, 0) is 25.5 Å². The first kappa shape index (κ1) is 10.2. The van der Waals surface area contributed by atoms with Crippen LogP contribution in [0.15, 0.2) is 18.2 Å². The highest BCUT2D eigenvalue weighted by Crippen LogP contribution is 2.20. The maximum atomic E-state index is 11.6. The SMILES string of the molecule is Cc1cccc(Cl)c1C(=O)C(C)N. The van der Waals surface area contributed by atoms with E-state index >= 15 is 0 Å². The summed E-state index contributed by atoms with van der Waals surface area (Å²) in [4.78, 5) is 11.6. The number of ketones is 1. The summed E-state index contributed by atoms with van der Waals surface area (Å²) in [5, 5.41) is 0.474. The van der Waals surface area contributed by atoms with E-state index in [0.29, 0.717) is 10.6 Å². The minimum absolute atomic E-state index is 0.108. The van der Waals surface area contributed by atoms with Crippen LogP contribution in [0.2, 0.25) is 5.02 Å². The van der Waals surface area contributed by atoms with Gasteiger partial charge in [0.1, 0.15) is 0 Å². The third-order valence-corrected chi connectivity index (χ3v) is 2.20. The standard InChI is InChI=1S/C10H12ClNO/c1-6-4-3-5-8(11)9(6)10(13)7(2)12/h3-5,7H,12H2,1-2H3. The molecule has 0 radical (unpaired) electrons. The number of hydrogen-bond donors (Lipinski definition) is 1. The highest BCUT2D eigenvalue weighted by molar-refractivity contribution is 6.34. The Morgan fingerprint density at radius 1 is 1.54 bits per heavy atom. The molecule has 3 heteroatoms. The van der Waals surface area contributed by atoms with Crippen LogP contribution in [-0.4, -0.2) is 11.8 Å². The van der Waals surface area contributed by atoms with E-state index in [1.54, 1.807) is 13.0 Å². The molecule has 0 saturated heterocycles. The van der Waals surface area contributed by atoms with Crippen molar-refractivity contribution in [1.82, 2.24) is 0 Å². The second-order valence-corrected chi connectivity index (χ2v) is 3.49. The monoisotopic (exact) mass is 197 g/mol. The van der Waals surface area contributed by atoms with E-state index in [0.717, 1.165) is 5.56 Å². The van der Waals surface area contributed by atoms with Crippen LogP contribution in [0.3, 0.4) is 0 Å². The molecule has 1 unspecified atom stereocenters. The fraction of sp³-hybridized carbons (Fsp3) is 0.300. The van der Waals surface area contributed by atoms with Crippen LogP contribution in [0.5, 0.6) is 0 Å². The molecule has 0 aliphatic carbocycles. The molecule has 1 aromatic rings. The number of benzene rings is 1. The van der Waals surface area contributed by atoms with E-state index in [4.69, 9.17) is 17.3 Å². The minimum atomic E-state index is -0.501. The average molecular weight is 198 g/mol. The lowest BCUT2D eigenvalue weighted by atomic mass is 10.0. The summed E-state index contributed by atoms with van der Waals surface area (Å²) >= 11 is 5.89. The smallest absolute Gasteiger partial charge is 0.180 e. The first-order chi connectivity index (χ1) is 6.04. The Bertz CT molecular complexity index is 313. The van der Waals surface area contributed by atoms with Gasteiger partial charge in [0.15, 0.2) is 5.78 Å². The molecule has 70 valence electrons. The summed E-state index contributed by atoms with van der Waals surface area (Å²) < 4.78 is 0. The molecule has 0 fully saturated rings. The van der Waals surface area contributed by atoms with Crippen molar-refractivity contribution >= 4 is 17.4 Å². The van der Waals surface area contributed by atoms with Crippen molar-refractivity contribution in [2.75, 3.05) is 0 Å². The van der Waals surface area contributed by atoms with Crippen molar-refractivity contribution in [3.05, 3.63) is 34.3 Å². The molecule has 1 atom stereocenters. The second-order valence-electron chi connectivity index (χ2n) is 3.08. The summed E-state index contributed by atoms with van der Waals surface area (Å²) in [6.45, 7) is 3.51. The predicted octanol–water partition coefficient (Wildman–Crippen LogP) is 2.18. The van der Waals surface area contributed by atoms with Gasteiger partial charge in [0, 0.05) is 5.56 Å². The van der Waals surface area contributed by atoms with E-state index in [-0.39, 0.29) is 5.78 Å². The zero-order chi connectivity index (χ0) is 10.0. The van der Waals surface area contributed by atoms with Crippen LogP contribution in [0.25, 0.3) is 0 Å². The van der Waals surface area contributed by atoms with Crippen molar-refractivity contribution < 1.29 is 4.79 Å². The molecule has 0 bridgehead atoms. The number of hydrogen-bond acceptors (Lipinski definition) is 2. The number of carbonyl (C=O) groups is 1.